The van der Waals surface area contributed by atoms with Crippen LogP contribution in [0.15, 0.2) is 24.3 Å². The van der Waals surface area contributed by atoms with E-state index in [0.29, 0.717) is 24.0 Å². The van der Waals surface area contributed by atoms with Crippen molar-refractivity contribution in [2.45, 2.75) is 100 Å². The summed E-state index contributed by atoms with van der Waals surface area (Å²) in [6, 6.07) is 9.57. The van der Waals surface area contributed by atoms with Crippen molar-refractivity contribution in [2.75, 3.05) is 26.4 Å². The maximum atomic E-state index is 6.93. The van der Waals surface area contributed by atoms with Crippen LogP contribution in [-0.2, 0) is 20.3 Å². The third-order valence-corrected chi connectivity index (χ3v) is 12.9. The fourth-order valence-corrected chi connectivity index (χ4v) is 12.1. The molecular formula is C36H44O4. The van der Waals surface area contributed by atoms with Crippen LogP contribution in [0.4, 0.5) is 0 Å². The van der Waals surface area contributed by atoms with Gasteiger partial charge in [-0.05, 0) is 135 Å². The molecule has 10 fully saturated rings. The minimum atomic E-state index is 0.257. The molecule has 4 nitrogen and oxygen atoms in total. The van der Waals surface area contributed by atoms with E-state index >= 15 is 0 Å². The molecule has 2 aromatic rings. The number of epoxide rings is 2. The molecule has 212 valence electrons. The van der Waals surface area contributed by atoms with Gasteiger partial charge in [0.25, 0.3) is 0 Å². The number of rotatable bonds is 8. The molecule has 0 aromatic heterocycles. The Labute approximate surface area is 238 Å². The third kappa shape index (κ3) is 3.70. The highest BCUT2D eigenvalue weighted by atomic mass is 16.6. The monoisotopic (exact) mass is 540 g/mol. The molecule has 2 aromatic carbocycles. The molecule has 8 bridgehead atoms. The molecule has 10 aliphatic rings. The van der Waals surface area contributed by atoms with E-state index in [1.165, 1.54) is 93.6 Å². The molecule has 12 rings (SSSR count). The first-order valence-corrected chi connectivity index (χ1v) is 16.7. The Morgan fingerprint density at radius 3 is 1.60 bits per heavy atom. The number of ether oxygens (including phenoxy) is 4. The van der Waals surface area contributed by atoms with Gasteiger partial charge in [0.1, 0.15) is 36.9 Å². The average Bonchev–Trinajstić information content (AvgIpc) is 3.84. The molecule has 2 aliphatic heterocycles. The second-order valence-electron chi connectivity index (χ2n) is 15.9. The van der Waals surface area contributed by atoms with E-state index in [0.717, 1.165) is 54.5 Å². The van der Waals surface area contributed by atoms with Gasteiger partial charge in [0.05, 0.1) is 13.2 Å². The highest BCUT2D eigenvalue weighted by Crippen LogP contribution is 2.66. The van der Waals surface area contributed by atoms with Crippen LogP contribution in [0.25, 0.3) is 10.8 Å². The van der Waals surface area contributed by atoms with Crippen LogP contribution in [0.5, 0.6) is 11.5 Å². The zero-order valence-corrected chi connectivity index (χ0v) is 23.9. The van der Waals surface area contributed by atoms with Crippen molar-refractivity contribution in [3.63, 3.8) is 0 Å². The zero-order chi connectivity index (χ0) is 26.1. The standard InChI is InChI=1S/C36H44O4/c1-2-29-33(32(3-1)39-19-27-17-37-27)30(35-11-21-4-22(12-35)6-23(5-21)13-35)10-31(34(29)40-20-28-18-38-28)36-14-24-7-25(15-36)9-26(8-24)16-36/h1-3,10,21-28H,4-9,11-20H2. The first-order chi connectivity index (χ1) is 19.6. The smallest absolute Gasteiger partial charge is 0.131 e. The van der Waals surface area contributed by atoms with Crippen LogP contribution >= 0.6 is 0 Å². The van der Waals surface area contributed by atoms with Crippen LogP contribution in [0.2, 0.25) is 0 Å². The SMILES string of the molecule is c1cc(OCC2CO2)c2c(C34CC5CC(CC(C5)C3)C4)cc(C34CC5CC(CC(C5)C3)C4)c(OCC3CO3)c2c1. The first kappa shape index (κ1) is 23.7. The lowest BCUT2D eigenvalue weighted by Crippen LogP contribution is -2.50. The minimum absolute atomic E-state index is 0.257. The van der Waals surface area contributed by atoms with Gasteiger partial charge in [-0.3, -0.25) is 0 Å². The lowest BCUT2D eigenvalue weighted by Gasteiger charge is -2.59. The van der Waals surface area contributed by atoms with Gasteiger partial charge in [-0.25, -0.2) is 0 Å². The Morgan fingerprint density at radius 1 is 0.625 bits per heavy atom. The van der Waals surface area contributed by atoms with Crippen LogP contribution in [0, 0.1) is 35.5 Å². The van der Waals surface area contributed by atoms with E-state index in [1.807, 2.05) is 0 Å². The Bertz CT molecular complexity index is 1280. The van der Waals surface area contributed by atoms with Crippen LogP contribution < -0.4 is 9.47 Å². The predicted molar refractivity (Wildman–Crippen MR) is 154 cm³/mol. The first-order valence-electron chi connectivity index (χ1n) is 16.7. The van der Waals surface area contributed by atoms with Crippen LogP contribution in [0.3, 0.4) is 0 Å². The van der Waals surface area contributed by atoms with Gasteiger partial charge in [-0.1, -0.05) is 18.2 Å². The molecule has 2 heterocycles. The molecule has 0 amide bonds. The van der Waals surface area contributed by atoms with E-state index in [9.17, 15) is 0 Å². The molecule has 2 saturated heterocycles. The number of fused-ring (bicyclic) bond motifs is 1. The molecular weight excluding hydrogens is 496 g/mol. The maximum absolute atomic E-state index is 6.93. The van der Waals surface area contributed by atoms with Crippen LogP contribution in [0.1, 0.15) is 88.2 Å². The maximum Gasteiger partial charge on any atom is 0.131 e. The lowest BCUT2D eigenvalue weighted by molar-refractivity contribution is -0.00874. The molecule has 4 heteroatoms. The van der Waals surface area contributed by atoms with E-state index in [2.05, 4.69) is 24.3 Å². The third-order valence-electron chi connectivity index (χ3n) is 12.9. The summed E-state index contributed by atoms with van der Waals surface area (Å²) in [7, 11) is 0. The second-order valence-corrected chi connectivity index (χ2v) is 15.9. The Kier molecular flexibility index (Phi) is 4.99. The molecule has 0 radical (unpaired) electrons. The van der Waals surface area contributed by atoms with E-state index in [4.69, 9.17) is 18.9 Å². The van der Waals surface area contributed by atoms with Crippen molar-refractivity contribution >= 4 is 10.8 Å². The van der Waals surface area contributed by atoms with Crippen molar-refractivity contribution in [1.29, 1.82) is 0 Å². The summed E-state index contributed by atoms with van der Waals surface area (Å²) in [5, 5.41) is 2.68. The Morgan fingerprint density at radius 2 is 1.10 bits per heavy atom. The van der Waals surface area contributed by atoms with Gasteiger partial charge in [0.15, 0.2) is 0 Å². The fraction of sp³-hybridized carbons (Fsp3) is 0.722. The Balaban J connectivity index is 1.20. The summed E-state index contributed by atoms with van der Waals surface area (Å²) in [6.45, 7) is 3.00. The fourth-order valence-electron chi connectivity index (χ4n) is 12.1. The van der Waals surface area contributed by atoms with Crippen molar-refractivity contribution in [3.8, 4) is 11.5 Å². The summed E-state index contributed by atoms with van der Waals surface area (Å²) in [5.74, 6) is 7.73. The van der Waals surface area contributed by atoms with Gasteiger partial charge in [0.2, 0.25) is 0 Å². The number of hydrogen-bond acceptors (Lipinski definition) is 4. The molecule has 0 N–H and O–H groups in total. The summed E-state index contributed by atoms with van der Waals surface area (Å²) in [5.41, 5.74) is 3.80. The van der Waals surface area contributed by atoms with E-state index in [1.54, 1.807) is 11.1 Å². The molecule has 40 heavy (non-hydrogen) atoms. The van der Waals surface area contributed by atoms with Crippen molar-refractivity contribution in [3.05, 3.63) is 35.4 Å². The highest BCUT2D eigenvalue weighted by molar-refractivity contribution is 5.98. The van der Waals surface area contributed by atoms with Crippen molar-refractivity contribution in [1.82, 2.24) is 0 Å². The topological polar surface area (TPSA) is 43.5 Å². The zero-order valence-electron chi connectivity index (χ0n) is 23.9. The molecule has 8 saturated carbocycles. The predicted octanol–water partition coefficient (Wildman–Crippen LogP) is 7.33. The highest BCUT2D eigenvalue weighted by Gasteiger charge is 2.55. The molecule has 2 unspecified atom stereocenters. The van der Waals surface area contributed by atoms with Gasteiger partial charge >= 0.3 is 0 Å². The van der Waals surface area contributed by atoms with E-state index < -0.39 is 0 Å². The molecule has 8 aliphatic carbocycles. The summed E-state index contributed by atoms with van der Waals surface area (Å²) in [4.78, 5) is 0. The summed E-state index contributed by atoms with van der Waals surface area (Å²) < 4.78 is 24.8. The van der Waals surface area contributed by atoms with Gasteiger partial charge in [0, 0.05) is 16.3 Å². The van der Waals surface area contributed by atoms with Gasteiger partial charge < -0.3 is 18.9 Å². The quantitative estimate of drug-likeness (QED) is 0.329. The van der Waals surface area contributed by atoms with E-state index in [-0.39, 0.29) is 12.2 Å². The van der Waals surface area contributed by atoms with Gasteiger partial charge in [-0.2, -0.15) is 0 Å². The number of benzene rings is 2. The Hall–Kier alpha value is -1.78. The van der Waals surface area contributed by atoms with Crippen LogP contribution in [-0.4, -0.2) is 38.6 Å². The summed E-state index contributed by atoms with van der Waals surface area (Å²) >= 11 is 0. The largest absolute Gasteiger partial charge is 0.490 e. The molecule has 0 spiro atoms. The minimum Gasteiger partial charge on any atom is -0.490 e. The lowest BCUT2D eigenvalue weighted by atomic mass is 9.46. The summed E-state index contributed by atoms with van der Waals surface area (Å²) in [6.07, 6.45) is 17.6. The number of hydrogen-bond donors (Lipinski definition) is 0. The normalized spacial score (nSPS) is 45.3. The van der Waals surface area contributed by atoms with Gasteiger partial charge in [-0.15, -0.1) is 0 Å². The second kappa shape index (κ2) is 8.40. The molecule has 2 atom stereocenters. The van der Waals surface area contributed by atoms with Crippen molar-refractivity contribution < 1.29 is 18.9 Å². The van der Waals surface area contributed by atoms with Crippen molar-refractivity contribution in [2.24, 2.45) is 35.5 Å². The average molecular weight is 541 g/mol.